The predicted molar refractivity (Wildman–Crippen MR) is 79.2 cm³/mol. The van der Waals surface area contributed by atoms with E-state index in [0.717, 1.165) is 4.47 Å². The highest BCUT2D eigenvalue weighted by molar-refractivity contribution is 9.10. The monoisotopic (exact) mass is 344 g/mol. The standard InChI is InChI=1S/C14H9BrN4O2/c15-10-4-1-5-11(7-10)19-13(9-3-2-6-16-8-9)12(14(20)21)17-18-19/h1-8H,(H,20,21). The zero-order valence-electron chi connectivity index (χ0n) is 10.6. The van der Waals surface area contributed by atoms with Gasteiger partial charge in [0.15, 0.2) is 5.69 Å². The van der Waals surface area contributed by atoms with Crippen molar-refractivity contribution in [2.45, 2.75) is 0 Å². The number of benzene rings is 1. The SMILES string of the molecule is O=C(O)c1nnn(-c2cccc(Br)c2)c1-c1cccnc1. The Balaban J connectivity index is 2.25. The quantitative estimate of drug-likeness (QED) is 0.789. The highest BCUT2D eigenvalue weighted by Crippen LogP contribution is 2.25. The van der Waals surface area contributed by atoms with Crippen molar-refractivity contribution in [1.82, 2.24) is 20.0 Å². The fourth-order valence-electron chi connectivity index (χ4n) is 1.98. The molecule has 0 aliphatic carbocycles. The number of carbonyl (C=O) groups is 1. The van der Waals surface area contributed by atoms with Crippen molar-refractivity contribution >= 4 is 21.9 Å². The van der Waals surface area contributed by atoms with E-state index in [1.54, 1.807) is 24.5 Å². The van der Waals surface area contributed by atoms with Gasteiger partial charge < -0.3 is 5.11 Å². The molecule has 3 rings (SSSR count). The molecule has 7 heteroatoms. The third-order valence-electron chi connectivity index (χ3n) is 2.86. The van der Waals surface area contributed by atoms with Crippen LogP contribution in [0.25, 0.3) is 16.9 Å². The Hall–Kier alpha value is -2.54. The van der Waals surface area contributed by atoms with Crippen LogP contribution in [0, 0.1) is 0 Å². The summed E-state index contributed by atoms with van der Waals surface area (Å²) in [5.74, 6) is -1.13. The summed E-state index contributed by atoms with van der Waals surface area (Å²) in [7, 11) is 0. The molecule has 0 fully saturated rings. The van der Waals surface area contributed by atoms with E-state index >= 15 is 0 Å². The lowest BCUT2D eigenvalue weighted by Gasteiger charge is -2.07. The van der Waals surface area contributed by atoms with Crippen molar-refractivity contribution in [3.8, 4) is 16.9 Å². The van der Waals surface area contributed by atoms with Crippen LogP contribution in [0.3, 0.4) is 0 Å². The largest absolute Gasteiger partial charge is 0.476 e. The second-order valence-electron chi connectivity index (χ2n) is 4.23. The van der Waals surface area contributed by atoms with Crippen LogP contribution in [0.15, 0.2) is 53.3 Å². The number of rotatable bonds is 3. The average molecular weight is 345 g/mol. The molecule has 0 saturated heterocycles. The van der Waals surface area contributed by atoms with Crippen LogP contribution in [0.1, 0.15) is 10.5 Å². The smallest absolute Gasteiger partial charge is 0.358 e. The lowest BCUT2D eigenvalue weighted by Crippen LogP contribution is -2.03. The van der Waals surface area contributed by atoms with Crippen molar-refractivity contribution < 1.29 is 9.90 Å². The molecule has 2 aromatic heterocycles. The predicted octanol–water partition coefficient (Wildman–Crippen LogP) is 2.79. The van der Waals surface area contributed by atoms with Gasteiger partial charge in [0.25, 0.3) is 0 Å². The number of aromatic carboxylic acids is 1. The molecule has 0 unspecified atom stereocenters. The van der Waals surface area contributed by atoms with Gasteiger partial charge in [0, 0.05) is 22.4 Å². The number of carboxylic acids is 1. The normalized spacial score (nSPS) is 10.5. The summed E-state index contributed by atoms with van der Waals surface area (Å²) in [6, 6.07) is 10.9. The fraction of sp³-hybridized carbons (Fsp3) is 0. The molecule has 6 nitrogen and oxygen atoms in total. The zero-order valence-corrected chi connectivity index (χ0v) is 12.2. The number of hydrogen-bond acceptors (Lipinski definition) is 4. The van der Waals surface area contributed by atoms with E-state index in [0.29, 0.717) is 16.9 Å². The van der Waals surface area contributed by atoms with E-state index < -0.39 is 5.97 Å². The van der Waals surface area contributed by atoms with E-state index in [1.807, 2.05) is 24.3 Å². The van der Waals surface area contributed by atoms with Crippen LogP contribution in [-0.4, -0.2) is 31.1 Å². The Morgan fingerprint density at radius 3 is 2.76 bits per heavy atom. The van der Waals surface area contributed by atoms with Crippen LogP contribution in [0.5, 0.6) is 0 Å². The van der Waals surface area contributed by atoms with Crippen molar-refractivity contribution in [1.29, 1.82) is 0 Å². The van der Waals surface area contributed by atoms with E-state index in [1.165, 1.54) is 4.68 Å². The zero-order chi connectivity index (χ0) is 14.8. The molecule has 0 saturated carbocycles. The van der Waals surface area contributed by atoms with Crippen LogP contribution in [-0.2, 0) is 0 Å². The number of pyridine rings is 1. The maximum Gasteiger partial charge on any atom is 0.358 e. The second-order valence-corrected chi connectivity index (χ2v) is 5.14. The molecule has 1 N–H and O–H groups in total. The summed E-state index contributed by atoms with van der Waals surface area (Å²) in [5.41, 5.74) is 1.64. The molecule has 0 bridgehead atoms. The third-order valence-corrected chi connectivity index (χ3v) is 3.35. The highest BCUT2D eigenvalue weighted by Gasteiger charge is 2.21. The number of hydrogen-bond donors (Lipinski definition) is 1. The molecule has 0 amide bonds. The molecule has 2 heterocycles. The van der Waals surface area contributed by atoms with Gasteiger partial charge in [-0.15, -0.1) is 5.10 Å². The van der Waals surface area contributed by atoms with Gasteiger partial charge >= 0.3 is 5.97 Å². The maximum absolute atomic E-state index is 11.4. The molecule has 0 radical (unpaired) electrons. The van der Waals surface area contributed by atoms with Crippen molar-refractivity contribution in [2.24, 2.45) is 0 Å². The first-order valence-corrected chi connectivity index (χ1v) is 6.81. The Morgan fingerprint density at radius 1 is 1.24 bits per heavy atom. The molecule has 3 aromatic rings. The Morgan fingerprint density at radius 2 is 2.10 bits per heavy atom. The number of carboxylic acid groups (broad SMARTS) is 1. The fourth-order valence-corrected chi connectivity index (χ4v) is 2.36. The highest BCUT2D eigenvalue weighted by atomic mass is 79.9. The summed E-state index contributed by atoms with van der Waals surface area (Å²) in [6.45, 7) is 0. The van der Waals surface area contributed by atoms with Gasteiger partial charge in [-0.05, 0) is 30.3 Å². The van der Waals surface area contributed by atoms with E-state index in [9.17, 15) is 9.90 Å². The molecule has 104 valence electrons. The summed E-state index contributed by atoms with van der Waals surface area (Å²) in [4.78, 5) is 15.4. The lowest BCUT2D eigenvalue weighted by molar-refractivity contribution is 0.0691. The van der Waals surface area contributed by atoms with Crippen LogP contribution in [0.2, 0.25) is 0 Å². The Labute approximate surface area is 128 Å². The molecular weight excluding hydrogens is 336 g/mol. The minimum Gasteiger partial charge on any atom is -0.476 e. The summed E-state index contributed by atoms with van der Waals surface area (Å²) < 4.78 is 2.36. The topological polar surface area (TPSA) is 80.9 Å². The Bertz CT molecular complexity index is 802. The van der Waals surface area contributed by atoms with Gasteiger partial charge in [-0.2, -0.15) is 0 Å². The van der Waals surface area contributed by atoms with Gasteiger partial charge in [0.2, 0.25) is 0 Å². The van der Waals surface area contributed by atoms with Gasteiger partial charge in [-0.3, -0.25) is 4.98 Å². The first-order valence-electron chi connectivity index (χ1n) is 6.02. The molecular formula is C14H9BrN4O2. The molecule has 0 atom stereocenters. The van der Waals surface area contributed by atoms with Gasteiger partial charge in [0.05, 0.1) is 5.69 Å². The third kappa shape index (κ3) is 2.55. The van der Waals surface area contributed by atoms with Crippen molar-refractivity contribution in [2.75, 3.05) is 0 Å². The van der Waals surface area contributed by atoms with Crippen molar-refractivity contribution in [3.05, 3.63) is 59.0 Å². The Kier molecular flexibility index (Phi) is 3.49. The number of aromatic nitrogens is 4. The van der Waals surface area contributed by atoms with Crippen LogP contribution >= 0.6 is 15.9 Å². The second kappa shape index (κ2) is 5.45. The minimum atomic E-state index is -1.13. The van der Waals surface area contributed by atoms with Gasteiger partial charge in [-0.25, -0.2) is 9.48 Å². The molecule has 21 heavy (non-hydrogen) atoms. The van der Waals surface area contributed by atoms with Crippen molar-refractivity contribution in [3.63, 3.8) is 0 Å². The van der Waals surface area contributed by atoms with E-state index in [4.69, 9.17) is 0 Å². The van der Waals surface area contributed by atoms with E-state index in [-0.39, 0.29) is 5.69 Å². The summed E-state index contributed by atoms with van der Waals surface area (Å²) in [5, 5.41) is 17.0. The summed E-state index contributed by atoms with van der Waals surface area (Å²) >= 11 is 3.39. The first-order chi connectivity index (χ1) is 10.2. The average Bonchev–Trinajstić information content (AvgIpc) is 2.93. The van der Waals surface area contributed by atoms with Crippen LogP contribution < -0.4 is 0 Å². The number of nitrogens with zero attached hydrogens (tertiary/aromatic N) is 4. The first kappa shape index (κ1) is 13.4. The van der Waals surface area contributed by atoms with Crippen LogP contribution in [0.4, 0.5) is 0 Å². The maximum atomic E-state index is 11.4. The molecule has 0 aliphatic rings. The van der Waals surface area contributed by atoms with Gasteiger partial charge in [-0.1, -0.05) is 27.2 Å². The number of halogens is 1. The molecule has 0 spiro atoms. The minimum absolute atomic E-state index is 0.108. The van der Waals surface area contributed by atoms with E-state index in [2.05, 4.69) is 31.2 Å². The molecule has 0 aliphatic heterocycles. The van der Waals surface area contributed by atoms with Gasteiger partial charge in [0.1, 0.15) is 5.69 Å². The lowest BCUT2D eigenvalue weighted by atomic mass is 10.1. The summed E-state index contributed by atoms with van der Waals surface area (Å²) in [6.07, 6.45) is 3.21. The molecule has 1 aromatic carbocycles.